The maximum atomic E-state index is 11.7. The van der Waals surface area contributed by atoms with Crippen LogP contribution in [0.25, 0.3) is 0 Å². The van der Waals surface area contributed by atoms with E-state index < -0.39 is 16.9 Å². The number of carbonyl (C=O) groups is 2. The van der Waals surface area contributed by atoms with E-state index in [4.69, 9.17) is 5.11 Å². The number of benzene rings is 1. The van der Waals surface area contributed by atoms with Crippen molar-refractivity contribution in [2.45, 2.75) is 20.3 Å². The molecular formula is C13H17N3O5. The van der Waals surface area contributed by atoms with Crippen LogP contribution in [0, 0.1) is 23.0 Å². The van der Waals surface area contributed by atoms with Crippen molar-refractivity contribution >= 4 is 23.4 Å². The van der Waals surface area contributed by atoms with Crippen molar-refractivity contribution in [3.63, 3.8) is 0 Å². The molecule has 0 radical (unpaired) electrons. The molecule has 0 heterocycles. The van der Waals surface area contributed by atoms with E-state index in [9.17, 15) is 19.7 Å². The molecule has 0 aromatic heterocycles. The number of nitrogens with zero attached hydrogens (tertiary/aromatic N) is 1. The predicted molar refractivity (Wildman–Crippen MR) is 76.3 cm³/mol. The molecule has 2 amide bonds. The van der Waals surface area contributed by atoms with Gasteiger partial charge in [0.2, 0.25) is 0 Å². The largest absolute Gasteiger partial charge is 0.481 e. The number of anilines is 1. The summed E-state index contributed by atoms with van der Waals surface area (Å²) >= 11 is 0. The molecule has 1 unspecified atom stereocenters. The molecule has 114 valence electrons. The average molecular weight is 295 g/mol. The number of carbonyl (C=O) groups excluding carboxylic acids is 1. The molecule has 0 saturated carbocycles. The fourth-order valence-electron chi connectivity index (χ4n) is 1.76. The third-order valence-electron chi connectivity index (χ3n) is 2.88. The van der Waals surface area contributed by atoms with Crippen LogP contribution in [0.2, 0.25) is 0 Å². The zero-order chi connectivity index (χ0) is 16.0. The number of nitro benzene ring substituents is 1. The van der Waals surface area contributed by atoms with E-state index in [0.29, 0.717) is 11.3 Å². The van der Waals surface area contributed by atoms with E-state index in [2.05, 4.69) is 10.6 Å². The van der Waals surface area contributed by atoms with Crippen LogP contribution in [0.1, 0.15) is 18.9 Å². The summed E-state index contributed by atoms with van der Waals surface area (Å²) in [5, 5.41) is 24.5. The van der Waals surface area contributed by atoms with Crippen LogP contribution >= 0.6 is 0 Å². The Hall–Kier alpha value is -2.64. The molecular weight excluding hydrogens is 278 g/mol. The van der Waals surface area contributed by atoms with Crippen LogP contribution in [0.5, 0.6) is 0 Å². The highest BCUT2D eigenvalue weighted by Crippen LogP contribution is 2.24. The average Bonchev–Trinajstić information content (AvgIpc) is 2.37. The second kappa shape index (κ2) is 7.22. The van der Waals surface area contributed by atoms with Crippen molar-refractivity contribution in [2.75, 3.05) is 11.9 Å². The normalized spacial score (nSPS) is 11.5. The molecule has 0 aliphatic carbocycles. The summed E-state index contributed by atoms with van der Waals surface area (Å²) in [5.41, 5.74) is 0.621. The Balaban J connectivity index is 2.61. The minimum absolute atomic E-state index is 0.0455. The molecule has 8 nitrogen and oxygen atoms in total. The highest BCUT2D eigenvalue weighted by atomic mass is 16.6. The molecule has 1 atom stereocenters. The fraction of sp³-hybridized carbons (Fsp3) is 0.385. The molecule has 1 aromatic rings. The minimum Gasteiger partial charge on any atom is -0.481 e. The van der Waals surface area contributed by atoms with Crippen molar-refractivity contribution in [3.8, 4) is 0 Å². The van der Waals surface area contributed by atoms with Gasteiger partial charge in [0, 0.05) is 19.0 Å². The zero-order valence-electron chi connectivity index (χ0n) is 11.8. The molecule has 8 heteroatoms. The molecule has 0 saturated heterocycles. The highest BCUT2D eigenvalue weighted by molar-refractivity contribution is 5.90. The Bertz CT molecular complexity index is 559. The van der Waals surface area contributed by atoms with Gasteiger partial charge in [0.05, 0.1) is 16.2 Å². The number of urea groups is 1. The van der Waals surface area contributed by atoms with Gasteiger partial charge in [-0.15, -0.1) is 0 Å². The van der Waals surface area contributed by atoms with E-state index in [1.165, 1.54) is 12.1 Å². The Labute approximate surface area is 121 Å². The van der Waals surface area contributed by atoms with Gasteiger partial charge in [-0.05, 0) is 18.9 Å². The maximum Gasteiger partial charge on any atom is 0.319 e. The van der Waals surface area contributed by atoms with Gasteiger partial charge >= 0.3 is 12.0 Å². The lowest BCUT2D eigenvalue weighted by molar-refractivity contribution is -0.385. The van der Waals surface area contributed by atoms with Crippen LogP contribution in [-0.2, 0) is 4.79 Å². The van der Waals surface area contributed by atoms with E-state index in [-0.39, 0.29) is 24.6 Å². The van der Waals surface area contributed by atoms with Crippen molar-refractivity contribution in [1.29, 1.82) is 0 Å². The standard InChI is InChI=1S/C13H17N3O5/c1-8(6-12(17)18)7-14-13(19)15-10-4-3-5-11(9(10)2)16(20)21/h3-5,8H,6-7H2,1-2H3,(H,17,18)(H2,14,15,19). The third-order valence-corrected chi connectivity index (χ3v) is 2.88. The number of aliphatic carboxylic acids is 1. The van der Waals surface area contributed by atoms with Crippen LogP contribution < -0.4 is 10.6 Å². The van der Waals surface area contributed by atoms with Crippen LogP contribution in [0.4, 0.5) is 16.2 Å². The first-order valence-corrected chi connectivity index (χ1v) is 6.32. The molecule has 0 fully saturated rings. The molecule has 0 bridgehead atoms. The summed E-state index contributed by atoms with van der Waals surface area (Å²) in [6, 6.07) is 3.86. The smallest absolute Gasteiger partial charge is 0.319 e. The number of carboxylic acid groups (broad SMARTS) is 1. The molecule has 0 spiro atoms. The third kappa shape index (κ3) is 5.09. The number of hydrogen-bond acceptors (Lipinski definition) is 4. The van der Waals surface area contributed by atoms with Gasteiger partial charge in [-0.2, -0.15) is 0 Å². The van der Waals surface area contributed by atoms with Gasteiger partial charge < -0.3 is 15.7 Å². The minimum atomic E-state index is -0.931. The quantitative estimate of drug-likeness (QED) is 0.548. The molecule has 0 aliphatic heterocycles. The Morgan fingerprint density at radius 3 is 2.67 bits per heavy atom. The topological polar surface area (TPSA) is 122 Å². The predicted octanol–water partition coefficient (Wildman–Crippen LogP) is 2.14. The summed E-state index contributed by atoms with van der Waals surface area (Å²) in [5.74, 6) is -1.14. The molecule has 1 rings (SSSR count). The molecule has 1 aromatic carbocycles. The second-order valence-electron chi connectivity index (χ2n) is 4.74. The lowest BCUT2D eigenvalue weighted by Crippen LogP contribution is -2.33. The number of amides is 2. The number of nitro groups is 1. The van der Waals surface area contributed by atoms with Gasteiger partial charge in [-0.3, -0.25) is 14.9 Å². The Morgan fingerprint density at radius 2 is 2.10 bits per heavy atom. The zero-order valence-corrected chi connectivity index (χ0v) is 11.8. The van der Waals surface area contributed by atoms with Crippen LogP contribution in [-0.4, -0.2) is 28.6 Å². The van der Waals surface area contributed by atoms with Crippen molar-refractivity contribution in [1.82, 2.24) is 5.32 Å². The summed E-state index contributed by atoms with van der Waals surface area (Å²) in [4.78, 5) is 32.5. The summed E-state index contributed by atoms with van der Waals surface area (Å²) in [7, 11) is 0. The molecule has 21 heavy (non-hydrogen) atoms. The highest BCUT2D eigenvalue weighted by Gasteiger charge is 2.15. The van der Waals surface area contributed by atoms with Gasteiger partial charge in [-0.1, -0.05) is 13.0 Å². The summed E-state index contributed by atoms with van der Waals surface area (Å²) in [6.07, 6.45) is -0.0455. The number of carboxylic acids is 1. The maximum absolute atomic E-state index is 11.7. The summed E-state index contributed by atoms with van der Waals surface area (Å²) in [6.45, 7) is 3.44. The van der Waals surface area contributed by atoms with Gasteiger partial charge in [0.15, 0.2) is 0 Å². The first kappa shape index (κ1) is 16.4. The monoisotopic (exact) mass is 295 g/mol. The Kier molecular flexibility index (Phi) is 5.65. The van der Waals surface area contributed by atoms with Crippen molar-refractivity contribution < 1.29 is 19.6 Å². The SMILES string of the molecule is Cc1c(NC(=O)NCC(C)CC(=O)O)cccc1[N+](=O)[O-]. The van der Waals surface area contributed by atoms with Crippen molar-refractivity contribution in [2.24, 2.45) is 5.92 Å². The lowest BCUT2D eigenvalue weighted by Gasteiger charge is -2.12. The van der Waals surface area contributed by atoms with E-state index >= 15 is 0 Å². The van der Waals surface area contributed by atoms with Gasteiger partial charge in [0.1, 0.15) is 0 Å². The van der Waals surface area contributed by atoms with E-state index in [1.54, 1.807) is 19.9 Å². The first-order chi connectivity index (χ1) is 9.81. The van der Waals surface area contributed by atoms with Crippen LogP contribution in [0.15, 0.2) is 18.2 Å². The number of hydrogen-bond donors (Lipinski definition) is 3. The van der Waals surface area contributed by atoms with Crippen LogP contribution in [0.3, 0.4) is 0 Å². The van der Waals surface area contributed by atoms with E-state index in [0.717, 1.165) is 0 Å². The molecule has 0 aliphatic rings. The van der Waals surface area contributed by atoms with Gasteiger partial charge in [-0.25, -0.2) is 4.79 Å². The first-order valence-electron chi connectivity index (χ1n) is 6.32. The fourth-order valence-corrected chi connectivity index (χ4v) is 1.76. The lowest BCUT2D eigenvalue weighted by atomic mass is 10.1. The van der Waals surface area contributed by atoms with E-state index in [1.807, 2.05) is 0 Å². The number of rotatable bonds is 6. The van der Waals surface area contributed by atoms with Crippen molar-refractivity contribution in [3.05, 3.63) is 33.9 Å². The molecule has 3 N–H and O–H groups in total. The summed E-state index contributed by atoms with van der Waals surface area (Å²) < 4.78 is 0. The number of nitrogens with one attached hydrogen (secondary N) is 2. The Morgan fingerprint density at radius 1 is 1.43 bits per heavy atom. The second-order valence-corrected chi connectivity index (χ2v) is 4.74. The van der Waals surface area contributed by atoms with Gasteiger partial charge in [0.25, 0.3) is 5.69 Å².